The molecule has 0 amide bonds. The quantitative estimate of drug-likeness (QED) is 0.115. The van der Waals surface area contributed by atoms with Crippen LogP contribution in [0, 0.1) is 40.5 Å². The summed E-state index contributed by atoms with van der Waals surface area (Å²) in [6.45, 7) is -2.36. The fraction of sp³-hybridized carbons (Fsp3) is 0.158. The van der Waals surface area contributed by atoms with E-state index in [-0.39, 0.29) is 0 Å². The average molecular weight is 505 g/mol. The summed E-state index contributed by atoms with van der Waals surface area (Å²) in [6.07, 6.45) is 0.840. The summed E-state index contributed by atoms with van der Waals surface area (Å²) >= 11 is 0. The number of nitrogens with zero attached hydrogens (tertiary/aromatic N) is 4. The lowest BCUT2D eigenvalue weighted by atomic mass is 10.1. The second-order valence-corrected chi connectivity index (χ2v) is 6.58. The van der Waals surface area contributed by atoms with Crippen molar-refractivity contribution in [3.63, 3.8) is 0 Å². The molecule has 2 rings (SSSR count). The molecule has 17 heteroatoms. The average Bonchev–Trinajstić information content (AvgIpc) is 2.83. The van der Waals surface area contributed by atoms with Gasteiger partial charge in [0.15, 0.2) is 0 Å². The van der Waals surface area contributed by atoms with Gasteiger partial charge >= 0.3 is 11.9 Å². The van der Waals surface area contributed by atoms with Gasteiger partial charge < -0.3 is 15.2 Å². The van der Waals surface area contributed by atoms with Crippen LogP contribution in [0.3, 0.4) is 0 Å². The van der Waals surface area contributed by atoms with Crippen LogP contribution in [0.25, 0.3) is 0 Å². The molecule has 0 aliphatic heterocycles. The van der Waals surface area contributed by atoms with Gasteiger partial charge in [0.1, 0.15) is 29.9 Å². The number of hydrogen-bond acceptors (Lipinski definition) is 13. The van der Waals surface area contributed by atoms with Crippen molar-refractivity contribution < 1.29 is 38.8 Å². The summed E-state index contributed by atoms with van der Waals surface area (Å²) in [5, 5.41) is 44.8. The van der Waals surface area contributed by atoms with E-state index in [1.165, 1.54) is 0 Å². The third-order valence-electron chi connectivity index (χ3n) is 4.50. The van der Waals surface area contributed by atoms with Crippen LogP contribution in [-0.4, -0.2) is 38.2 Å². The summed E-state index contributed by atoms with van der Waals surface area (Å²) in [6, 6.07) is 5.89. The van der Waals surface area contributed by atoms with Crippen LogP contribution in [0.15, 0.2) is 48.0 Å². The van der Waals surface area contributed by atoms with Gasteiger partial charge in [-0.2, -0.15) is 0 Å². The van der Waals surface area contributed by atoms with Gasteiger partial charge in [0.2, 0.25) is 0 Å². The molecular weight excluding hydrogens is 490 g/mol. The summed E-state index contributed by atoms with van der Waals surface area (Å²) in [4.78, 5) is 66.0. The molecule has 0 bridgehead atoms. The van der Waals surface area contributed by atoms with Gasteiger partial charge in [0.25, 0.3) is 22.7 Å². The van der Waals surface area contributed by atoms with E-state index in [0.717, 1.165) is 42.5 Å². The largest absolute Gasteiger partial charge is 0.456 e. The zero-order valence-corrected chi connectivity index (χ0v) is 17.9. The third-order valence-corrected chi connectivity index (χ3v) is 4.50. The number of carbonyl (C=O) groups excluding carboxylic acids is 2. The zero-order chi connectivity index (χ0) is 27.0. The minimum Gasteiger partial charge on any atom is -0.456 e. The molecule has 0 aromatic heterocycles. The maximum atomic E-state index is 12.5. The second-order valence-electron chi connectivity index (χ2n) is 6.58. The first kappa shape index (κ1) is 26.9. The van der Waals surface area contributed by atoms with E-state index in [1.807, 2.05) is 0 Å². The molecule has 0 unspecified atom stereocenters. The molecule has 36 heavy (non-hydrogen) atoms. The Morgan fingerprint density at radius 1 is 0.694 bits per heavy atom. The van der Waals surface area contributed by atoms with Crippen LogP contribution in [0.5, 0.6) is 0 Å². The Kier molecular flexibility index (Phi) is 8.75. The number of benzene rings is 2. The molecule has 2 N–H and O–H groups in total. The predicted octanol–water partition coefficient (Wildman–Crippen LogP) is 1.99. The molecule has 0 fully saturated rings. The van der Waals surface area contributed by atoms with Crippen LogP contribution >= 0.6 is 0 Å². The van der Waals surface area contributed by atoms with Crippen molar-refractivity contribution in [2.75, 3.05) is 6.54 Å². The van der Waals surface area contributed by atoms with Gasteiger partial charge in [-0.1, -0.05) is 0 Å². The molecule has 188 valence electrons. The molecule has 0 spiro atoms. The van der Waals surface area contributed by atoms with Crippen molar-refractivity contribution in [2.24, 2.45) is 5.73 Å². The molecule has 0 atom stereocenters. The van der Waals surface area contributed by atoms with E-state index in [2.05, 4.69) is 0 Å². The Labute approximate surface area is 199 Å². The first-order valence-corrected chi connectivity index (χ1v) is 9.55. The first-order valence-electron chi connectivity index (χ1n) is 9.55. The lowest BCUT2D eigenvalue weighted by Crippen LogP contribution is -2.20. The summed E-state index contributed by atoms with van der Waals surface area (Å²) in [5.74, 6) is -2.87. The number of nitro groups is 4. The smallest absolute Gasteiger partial charge is 0.345 e. The maximum Gasteiger partial charge on any atom is 0.345 e. The number of esters is 2. The number of nitro benzene ring substituents is 4. The lowest BCUT2D eigenvalue weighted by molar-refractivity contribution is -0.396. The van der Waals surface area contributed by atoms with E-state index in [1.54, 1.807) is 0 Å². The van der Waals surface area contributed by atoms with Crippen LogP contribution in [0.1, 0.15) is 11.1 Å². The summed E-state index contributed by atoms with van der Waals surface area (Å²) in [5.41, 5.74) is 0.501. The fourth-order valence-electron chi connectivity index (χ4n) is 2.90. The monoisotopic (exact) mass is 505 g/mol. The molecule has 2 aromatic carbocycles. The minimum absolute atomic E-state index is 0.406. The number of ether oxygens (including phenoxy) is 2. The molecule has 0 saturated heterocycles. The van der Waals surface area contributed by atoms with E-state index >= 15 is 0 Å². The second kappa shape index (κ2) is 11.7. The van der Waals surface area contributed by atoms with Crippen molar-refractivity contribution in [3.05, 3.63) is 99.6 Å². The SMILES string of the molecule is NCC=C(C(=O)OCc1c([N+](=O)[O-])cccc1[N+](=O)[O-])C(=O)OCc1c([N+](=O)[O-])cccc1[N+](=O)[O-]. The van der Waals surface area contributed by atoms with Gasteiger partial charge in [-0.3, -0.25) is 40.5 Å². The van der Waals surface area contributed by atoms with E-state index in [9.17, 15) is 50.0 Å². The highest BCUT2D eigenvalue weighted by Gasteiger charge is 2.30. The topological polar surface area (TPSA) is 251 Å². The molecule has 0 aliphatic rings. The zero-order valence-electron chi connectivity index (χ0n) is 17.9. The standard InChI is InChI=1S/C19H15N5O12/c20-8-7-11(18(25)35-9-12-14(21(27)28)3-1-4-15(12)22(29)30)19(26)36-10-13-16(23(31)32)5-2-6-17(13)24(33)34/h1-7H,8-10,20H2. The van der Waals surface area contributed by atoms with E-state index in [4.69, 9.17) is 15.2 Å². The first-order chi connectivity index (χ1) is 17.0. The Morgan fingerprint density at radius 2 is 1.00 bits per heavy atom. The van der Waals surface area contributed by atoms with Gasteiger partial charge in [-0.25, -0.2) is 9.59 Å². The molecule has 0 radical (unpaired) electrons. The van der Waals surface area contributed by atoms with Gasteiger partial charge in [-0.05, 0) is 18.2 Å². The van der Waals surface area contributed by atoms with Crippen LogP contribution in [-0.2, 0) is 32.3 Å². The third kappa shape index (κ3) is 6.17. The minimum atomic E-state index is -1.44. The molecule has 0 heterocycles. The van der Waals surface area contributed by atoms with Crippen molar-refractivity contribution in [1.29, 1.82) is 0 Å². The number of hydrogen-bond donors (Lipinski definition) is 1. The molecule has 0 aliphatic carbocycles. The van der Waals surface area contributed by atoms with Crippen molar-refractivity contribution in [2.45, 2.75) is 13.2 Å². The molecule has 0 saturated carbocycles. The maximum absolute atomic E-state index is 12.5. The Hall–Kier alpha value is -5.32. The van der Waals surface area contributed by atoms with Gasteiger partial charge in [-0.15, -0.1) is 0 Å². The van der Waals surface area contributed by atoms with E-state index in [0.29, 0.717) is 0 Å². The Balaban J connectivity index is 2.27. The van der Waals surface area contributed by atoms with Crippen molar-refractivity contribution in [1.82, 2.24) is 0 Å². The molecule has 17 nitrogen and oxygen atoms in total. The van der Waals surface area contributed by atoms with Gasteiger partial charge in [0.05, 0.1) is 19.7 Å². The van der Waals surface area contributed by atoms with Crippen LogP contribution in [0.2, 0.25) is 0 Å². The van der Waals surface area contributed by atoms with E-state index < -0.39 is 90.8 Å². The Morgan fingerprint density at radius 3 is 1.25 bits per heavy atom. The molecular formula is C19H15N5O12. The highest BCUT2D eigenvalue weighted by atomic mass is 16.6. The summed E-state index contributed by atoms with van der Waals surface area (Å²) in [7, 11) is 0. The van der Waals surface area contributed by atoms with Crippen molar-refractivity contribution >= 4 is 34.7 Å². The normalized spacial score (nSPS) is 10.1. The highest BCUT2D eigenvalue weighted by Crippen LogP contribution is 2.30. The number of rotatable bonds is 11. The summed E-state index contributed by atoms with van der Waals surface area (Å²) < 4.78 is 9.67. The number of carbonyl (C=O) groups is 2. The van der Waals surface area contributed by atoms with Crippen LogP contribution < -0.4 is 5.73 Å². The molecule has 2 aromatic rings. The van der Waals surface area contributed by atoms with Gasteiger partial charge in [0, 0.05) is 30.8 Å². The Bertz CT molecular complexity index is 1130. The number of nitrogens with two attached hydrogens (primary N) is 1. The highest BCUT2D eigenvalue weighted by molar-refractivity contribution is 6.14. The predicted molar refractivity (Wildman–Crippen MR) is 116 cm³/mol. The lowest BCUT2D eigenvalue weighted by Gasteiger charge is -2.10. The van der Waals surface area contributed by atoms with Crippen molar-refractivity contribution in [3.8, 4) is 0 Å². The van der Waals surface area contributed by atoms with Crippen LogP contribution in [0.4, 0.5) is 22.7 Å². The fourth-order valence-corrected chi connectivity index (χ4v) is 2.90.